The molecule has 0 unspecified atom stereocenters. The Morgan fingerprint density at radius 3 is 2.25 bits per heavy atom. The molecule has 0 atom stereocenters. The van der Waals surface area contributed by atoms with E-state index in [0.717, 1.165) is 35.7 Å². The van der Waals surface area contributed by atoms with E-state index in [9.17, 15) is 4.79 Å². The Morgan fingerprint density at radius 2 is 1.67 bits per heavy atom. The van der Waals surface area contributed by atoms with E-state index in [4.69, 9.17) is 11.6 Å². The summed E-state index contributed by atoms with van der Waals surface area (Å²) in [6, 6.07) is 13.6. The molecule has 0 aromatic heterocycles. The van der Waals surface area contributed by atoms with Gasteiger partial charge in [-0.3, -0.25) is 4.79 Å². The summed E-state index contributed by atoms with van der Waals surface area (Å²) in [6.07, 6.45) is 0. The topological polar surface area (TPSA) is 44.4 Å². The molecule has 0 saturated carbocycles. The number of rotatable bonds is 7. The smallest absolute Gasteiger partial charge is 0.243 e. The first-order chi connectivity index (χ1) is 11.5. The van der Waals surface area contributed by atoms with E-state index in [1.54, 1.807) is 0 Å². The molecular formula is C19H24ClN3O. The van der Waals surface area contributed by atoms with Crippen molar-refractivity contribution >= 4 is 34.6 Å². The van der Waals surface area contributed by atoms with Crippen LogP contribution in [-0.2, 0) is 4.79 Å². The highest BCUT2D eigenvalue weighted by atomic mass is 35.5. The summed E-state index contributed by atoms with van der Waals surface area (Å²) in [5.41, 5.74) is 3.79. The molecule has 0 spiro atoms. The van der Waals surface area contributed by atoms with Gasteiger partial charge >= 0.3 is 0 Å². The van der Waals surface area contributed by atoms with Gasteiger partial charge in [0.05, 0.1) is 6.54 Å². The molecule has 0 bridgehead atoms. The van der Waals surface area contributed by atoms with Gasteiger partial charge in [-0.2, -0.15) is 0 Å². The third kappa shape index (κ3) is 4.90. The van der Waals surface area contributed by atoms with E-state index in [1.165, 1.54) is 0 Å². The van der Waals surface area contributed by atoms with E-state index in [1.807, 2.05) is 49.4 Å². The third-order valence-corrected chi connectivity index (χ3v) is 4.31. The van der Waals surface area contributed by atoms with Crippen molar-refractivity contribution in [3.05, 3.63) is 53.1 Å². The van der Waals surface area contributed by atoms with Crippen LogP contribution in [0.5, 0.6) is 0 Å². The van der Waals surface area contributed by atoms with Gasteiger partial charge in [0.2, 0.25) is 5.91 Å². The minimum absolute atomic E-state index is 0.0951. The highest BCUT2D eigenvalue weighted by Crippen LogP contribution is 2.20. The van der Waals surface area contributed by atoms with Crippen molar-refractivity contribution in [1.82, 2.24) is 0 Å². The predicted octanol–water partition coefficient (Wildman–Crippen LogP) is 4.55. The van der Waals surface area contributed by atoms with E-state index in [-0.39, 0.29) is 12.5 Å². The number of amides is 1. The van der Waals surface area contributed by atoms with Gasteiger partial charge in [0.25, 0.3) is 0 Å². The number of nitrogens with zero attached hydrogens (tertiary/aromatic N) is 1. The summed E-state index contributed by atoms with van der Waals surface area (Å²) in [6.45, 7) is 8.32. The average Bonchev–Trinajstić information content (AvgIpc) is 2.58. The van der Waals surface area contributed by atoms with Gasteiger partial charge in [0.15, 0.2) is 0 Å². The molecule has 0 radical (unpaired) electrons. The fraction of sp³-hybridized carbons (Fsp3) is 0.316. The molecule has 2 rings (SSSR count). The van der Waals surface area contributed by atoms with Crippen molar-refractivity contribution in [2.75, 3.05) is 35.2 Å². The number of carbonyl (C=O) groups is 1. The Bertz CT molecular complexity index is 682. The lowest BCUT2D eigenvalue weighted by Gasteiger charge is -2.21. The van der Waals surface area contributed by atoms with Crippen molar-refractivity contribution in [3.8, 4) is 0 Å². The van der Waals surface area contributed by atoms with E-state index >= 15 is 0 Å². The van der Waals surface area contributed by atoms with Crippen LogP contribution in [0.1, 0.15) is 19.4 Å². The second-order valence-corrected chi connectivity index (χ2v) is 5.99. The number of carbonyl (C=O) groups excluding carboxylic acids is 1. The fourth-order valence-corrected chi connectivity index (χ4v) is 2.62. The van der Waals surface area contributed by atoms with E-state index in [0.29, 0.717) is 5.02 Å². The molecule has 128 valence electrons. The van der Waals surface area contributed by atoms with Gasteiger partial charge in [-0.15, -0.1) is 0 Å². The maximum Gasteiger partial charge on any atom is 0.243 e. The van der Waals surface area contributed by atoms with Gasteiger partial charge in [0.1, 0.15) is 0 Å². The van der Waals surface area contributed by atoms with Crippen molar-refractivity contribution in [2.24, 2.45) is 0 Å². The molecular weight excluding hydrogens is 322 g/mol. The van der Waals surface area contributed by atoms with E-state index in [2.05, 4.69) is 29.4 Å². The summed E-state index contributed by atoms with van der Waals surface area (Å²) >= 11 is 6.08. The van der Waals surface area contributed by atoms with Crippen LogP contribution in [0.15, 0.2) is 42.5 Å². The van der Waals surface area contributed by atoms with Crippen molar-refractivity contribution in [2.45, 2.75) is 20.8 Å². The quantitative estimate of drug-likeness (QED) is 0.774. The van der Waals surface area contributed by atoms with Crippen molar-refractivity contribution in [1.29, 1.82) is 0 Å². The fourth-order valence-electron chi connectivity index (χ4n) is 2.43. The van der Waals surface area contributed by atoms with Crippen LogP contribution in [-0.4, -0.2) is 25.5 Å². The molecule has 0 aliphatic carbocycles. The lowest BCUT2D eigenvalue weighted by molar-refractivity contribution is -0.114. The highest BCUT2D eigenvalue weighted by Gasteiger charge is 2.05. The van der Waals surface area contributed by atoms with Crippen molar-refractivity contribution < 1.29 is 4.79 Å². The zero-order valence-electron chi connectivity index (χ0n) is 14.4. The standard InChI is InChI=1S/C19H24ClN3O/c1-4-23(5-2)17-10-8-15(9-11-17)22-19(24)13-21-16-7-6-14(3)18(20)12-16/h6-12,21H,4-5,13H2,1-3H3,(H,22,24). The largest absolute Gasteiger partial charge is 0.376 e. The molecule has 0 aliphatic rings. The molecule has 24 heavy (non-hydrogen) atoms. The third-order valence-electron chi connectivity index (χ3n) is 3.90. The van der Waals surface area contributed by atoms with Gasteiger partial charge in [-0.05, 0) is 62.7 Å². The molecule has 0 fully saturated rings. The maximum absolute atomic E-state index is 12.1. The van der Waals surface area contributed by atoms with Crippen LogP contribution in [0.25, 0.3) is 0 Å². The molecule has 0 aliphatic heterocycles. The molecule has 2 aromatic carbocycles. The van der Waals surface area contributed by atoms with E-state index < -0.39 is 0 Å². The number of benzene rings is 2. The lowest BCUT2D eigenvalue weighted by Crippen LogP contribution is -2.23. The number of anilines is 3. The lowest BCUT2D eigenvalue weighted by atomic mass is 10.2. The van der Waals surface area contributed by atoms with Gasteiger partial charge < -0.3 is 15.5 Å². The molecule has 2 aromatic rings. The molecule has 0 heterocycles. The average molecular weight is 346 g/mol. The Labute approximate surface area is 148 Å². The Balaban J connectivity index is 1.88. The number of halogens is 1. The maximum atomic E-state index is 12.1. The Morgan fingerprint density at radius 1 is 1.04 bits per heavy atom. The van der Waals surface area contributed by atoms with Crippen LogP contribution < -0.4 is 15.5 Å². The van der Waals surface area contributed by atoms with Gasteiger partial charge in [-0.25, -0.2) is 0 Å². The number of nitrogens with one attached hydrogen (secondary N) is 2. The van der Waals surface area contributed by atoms with Crippen LogP contribution in [0.4, 0.5) is 17.1 Å². The SMILES string of the molecule is CCN(CC)c1ccc(NC(=O)CNc2ccc(C)c(Cl)c2)cc1. The Hall–Kier alpha value is -2.20. The minimum Gasteiger partial charge on any atom is -0.376 e. The second-order valence-electron chi connectivity index (χ2n) is 5.58. The number of hydrogen-bond donors (Lipinski definition) is 2. The van der Waals surface area contributed by atoms with Crippen LogP contribution in [0.2, 0.25) is 5.02 Å². The summed E-state index contributed by atoms with van der Waals surface area (Å²) in [7, 11) is 0. The minimum atomic E-state index is -0.0951. The molecule has 2 N–H and O–H groups in total. The zero-order valence-corrected chi connectivity index (χ0v) is 15.2. The van der Waals surface area contributed by atoms with Crippen LogP contribution in [0, 0.1) is 6.92 Å². The summed E-state index contributed by atoms with van der Waals surface area (Å²) in [5.74, 6) is -0.0951. The molecule has 4 nitrogen and oxygen atoms in total. The van der Waals surface area contributed by atoms with Crippen LogP contribution in [0.3, 0.4) is 0 Å². The van der Waals surface area contributed by atoms with Gasteiger partial charge in [-0.1, -0.05) is 17.7 Å². The first kappa shape index (κ1) is 18.1. The van der Waals surface area contributed by atoms with Gasteiger partial charge in [0, 0.05) is 35.2 Å². The molecule has 5 heteroatoms. The summed E-state index contributed by atoms with van der Waals surface area (Å²) < 4.78 is 0. The summed E-state index contributed by atoms with van der Waals surface area (Å²) in [4.78, 5) is 14.3. The molecule has 1 amide bonds. The number of hydrogen-bond acceptors (Lipinski definition) is 3. The first-order valence-electron chi connectivity index (χ1n) is 8.18. The number of aryl methyl sites for hydroxylation is 1. The van der Waals surface area contributed by atoms with Crippen LogP contribution >= 0.6 is 11.6 Å². The summed E-state index contributed by atoms with van der Waals surface area (Å²) in [5, 5.41) is 6.65. The first-order valence-corrected chi connectivity index (χ1v) is 8.56. The van der Waals surface area contributed by atoms with Crippen molar-refractivity contribution in [3.63, 3.8) is 0 Å². The second kappa shape index (κ2) is 8.60. The highest BCUT2D eigenvalue weighted by molar-refractivity contribution is 6.31. The predicted molar refractivity (Wildman–Crippen MR) is 103 cm³/mol. The Kier molecular flexibility index (Phi) is 6.50. The normalized spacial score (nSPS) is 10.3. The monoisotopic (exact) mass is 345 g/mol. The molecule has 0 saturated heterocycles. The zero-order chi connectivity index (χ0) is 17.5.